The Morgan fingerprint density at radius 2 is 2.38 bits per heavy atom. The first kappa shape index (κ1) is 10.2. The minimum atomic E-state index is -0.920. The fraction of sp³-hybridized carbons (Fsp3) is 0.875. The van der Waals surface area contributed by atoms with E-state index in [4.69, 9.17) is 0 Å². The Morgan fingerprint density at radius 3 is 2.92 bits per heavy atom. The van der Waals surface area contributed by atoms with Gasteiger partial charge in [0.25, 0.3) is 0 Å². The summed E-state index contributed by atoms with van der Waals surface area (Å²) in [4.78, 5) is 17.1. The molecule has 1 heterocycles. The number of piperidine rings is 1. The summed E-state index contributed by atoms with van der Waals surface area (Å²) in [6, 6.07) is -0.364. The molecule has 1 N–H and O–H groups in total. The van der Waals surface area contributed by atoms with Gasteiger partial charge >= 0.3 is 6.03 Å². The molecule has 76 valence electrons. The Bertz CT molecular complexity index is 189. The number of hydrogen-bond acceptors (Lipinski definition) is 2. The molecule has 0 spiro atoms. The van der Waals surface area contributed by atoms with Crippen molar-refractivity contribution in [1.82, 2.24) is 10.4 Å². The van der Waals surface area contributed by atoms with E-state index in [0.29, 0.717) is 13.0 Å². The van der Waals surface area contributed by atoms with E-state index in [1.165, 1.54) is 12.0 Å². The van der Waals surface area contributed by atoms with Crippen LogP contribution in [-0.2, 0) is 4.84 Å². The Balaban J connectivity index is 2.40. The average Bonchev–Trinajstić information content (AvgIpc) is 2.10. The lowest BCUT2D eigenvalue weighted by Gasteiger charge is -2.32. The van der Waals surface area contributed by atoms with Crippen LogP contribution in [0.2, 0.25) is 0 Å². The highest BCUT2D eigenvalue weighted by molar-refractivity contribution is 5.73. The fourth-order valence-electron chi connectivity index (χ4n) is 1.36. The second kappa shape index (κ2) is 4.41. The van der Waals surface area contributed by atoms with Gasteiger partial charge in [-0.3, -0.25) is 4.84 Å². The molecule has 0 aliphatic carbocycles. The molecule has 0 aromatic carbocycles. The number of nitrogens with one attached hydrogen (secondary N) is 1. The zero-order valence-electron chi connectivity index (χ0n) is 7.92. The van der Waals surface area contributed by atoms with Crippen LogP contribution in [0, 0.1) is 5.92 Å². The van der Waals surface area contributed by atoms with Crippen molar-refractivity contribution < 1.29 is 14.0 Å². The maximum atomic E-state index is 13.2. The molecular formula is C8H15FN2O2. The standard InChI is InChI=1S/C8H15FN2O2/c1-6-3-4-11(5-7(6)9)8(12)10-13-2/h6-7H,3-5H2,1-2H3,(H,10,12). The minimum Gasteiger partial charge on any atom is -0.320 e. The van der Waals surface area contributed by atoms with Crippen molar-refractivity contribution in [3.63, 3.8) is 0 Å². The van der Waals surface area contributed by atoms with Gasteiger partial charge in [0, 0.05) is 6.54 Å². The van der Waals surface area contributed by atoms with Crippen molar-refractivity contribution in [2.45, 2.75) is 19.5 Å². The fourth-order valence-corrected chi connectivity index (χ4v) is 1.36. The summed E-state index contributed by atoms with van der Waals surface area (Å²) in [5, 5.41) is 0. The molecule has 0 bridgehead atoms. The monoisotopic (exact) mass is 190 g/mol. The third-order valence-electron chi connectivity index (χ3n) is 2.34. The Labute approximate surface area is 77.0 Å². The van der Waals surface area contributed by atoms with Crippen LogP contribution in [0.25, 0.3) is 0 Å². The molecule has 0 aromatic heterocycles. The number of nitrogens with zero attached hydrogens (tertiary/aromatic N) is 1. The SMILES string of the molecule is CONC(=O)N1CCC(C)C(F)C1. The normalized spacial score (nSPS) is 28.7. The molecule has 1 rings (SSSR count). The Morgan fingerprint density at radius 1 is 1.69 bits per heavy atom. The molecule has 1 aliphatic heterocycles. The molecule has 2 amide bonds. The van der Waals surface area contributed by atoms with E-state index in [-0.39, 0.29) is 18.5 Å². The Hall–Kier alpha value is -0.840. The van der Waals surface area contributed by atoms with E-state index in [9.17, 15) is 9.18 Å². The molecule has 1 aliphatic rings. The number of halogens is 1. The molecule has 5 heteroatoms. The van der Waals surface area contributed by atoms with Gasteiger partial charge in [0.15, 0.2) is 0 Å². The van der Waals surface area contributed by atoms with Crippen LogP contribution in [-0.4, -0.2) is 37.3 Å². The molecule has 13 heavy (non-hydrogen) atoms. The first-order chi connectivity index (χ1) is 6.15. The quantitative estimate of drug-likeness (QED) is 0.625. The number of amides is 2. The molecule has 2 atom stereocenters. The van der Waals surface area contributed by atoms with Crippen molar-refractivity contribution in [1.29, 1.82) is 0 Å². The molecule has 1 fully saturated rings. The molecule has 4 nitrogen and oxygen atoms in total. The van der Waals surface area contributed by atoms with Gasteiger partial charge < -0.3 is 4.90 Å². The predicted octanol–water partition coefficient (Wildman–Crippen LogP) is 0.937. The zero-order chi connectivity index (χ0) is 9.84. The second-order valence-electron chi connectivity index (χ2n) is 3.34. The molecule has 0 radical (unpaired) electrons. The van der Waals surface area contributed by atoms with Crippen LogP contribution in [0.4, 0.5) is 9.18 Å². The molecule has 0 aromatic rings. The van der Waals surface area contributed by atoms with Crippen LogP contribution < -0.4 is 5.48 Å². The van der Waals surface area contributed by atoms with Crippen LogP contribution in [0.1, 0.15) is 13.3 Å². The minimum absolute atomic E-state index is 0.0478. The highest BCUT2D eigenvalue weighted by Crippen LogP contribution is 2.19. The van der Waals surface area contributed by atoms with Gasteiger partial charge in [-0.1, -0.05) is 6.92 Å². The predicted molar refractivity (Wildman–Crippen MR) is 45.8 cm³/mol. The summed E-state index contributed by atoms with van der Waals surface area (Å²) < 4.78 is 13.2. The number of hydrogen-bond donors (Lipinski definition) is 1. The van der Waals surface area contributed by atoms with E-state index in [1.54, 1.807) is 0 Å². The largest absolute Gasteiger partial charge is 0.341 e. The number of carbonyl (C=O) groups excluding carboxylic acids is 1. The number of rotatable bonds is 1. The third-order valence-corrected chi connectivity index (χ3v) is 2.34. The van der Waals surface area contributed by atoms with Gasteiger partial charge in [-0.2, -0.15) is 0 Å². The summed E-state index contributed by atoms with van der Waals surface area (Å²) in [7, 11) is 1.36. The summed E-state index contributed by atoms with van der Waals surface area (Å²) >= 11 is 0. The lowest BCUT2D eigenvalue weighted by molar-refractivity contribution is 0.0610. The molecule has 1 saturated heterocycles. The van der Waals surface area contributed by atoms with Gasteiger partial charge in [0.05, 0.1) is 13.7 Å². The lowest BCUT2D eigenvalue weighted by Crippen LogP contribution is -2.48. The van der Waals surface area contributed by atoms with Crippen molar-refractivity contribution in [3.05, 3.63) is 0 Å². The number of alkyl halides is 1. The van der Waals surface area contributed by atoms with Crippen LogP contribution in [0.15, 0.2) is 0 Å². The van der Waals surface area contributed by atoms with Crippen molar-refractivity contribution >= 4 is 6.03 Å². The van der Waals surface area contributed by atoms with Crippen LogP contribution >= 0.6 is 0 Å². The van der Waals surface area contributed by atoms with Crippen molar-refractivity contribution in [2.75, 3.05) is 20.2 Å². The van der Waals surface area contributed by atoms with Crippen molar-refractivity contribution in [3.8, 4) is 0 Å². The van der Waals surface area contributed by atoms with Crippen LogP contribution in [0.3, 0.4) is 0 Å². The maximum absolute atomic E-state index is 13.2. The van der Waals surface area contributed by atoms with Gasteiger partial charge in [0.2, 0.25) is 0 Å². The number of likely N-dealkylation sites (tertiary alicyclic amines) is 1. The summed E-state index contributed by atoms with van der Waals surface area (Å²) in [5.41, 5.74) is 2.17. The smallest absolute Gasteiger partial charge is 0.320 e. The number of urea groups is 1. The molecule has 2 unspecified atom stereocenters. The van der Waals surface area contributed by atoms with E-state index >= 15 is 0 Å². The highest BCUT2D eigenvalue weighted by Gasteiger charge is 2.28. The number of carbonyl (C=O) groups is 1. The van der Waals surface area contributed by atoms with E-state index in [2.05, 4.69) is 10.3 Å². The Kier molecular flexibility index (Phi) is 3.48. The van der Waals surface area contributed by atoms with Gasteiger partial charge in [-0.05, 0) is 12.3 Å². The topological polar surface area (TPSA) is 41.6 Å². The number of hydroxylamine groups is 1. The van der Waals surface area contributed by atoms with Crippen molar-refractivity contribution in [2.24, 2.45) is 5.92 Å². The van der Waals surface area contributed by atoms with E-state index < -0.39 is 6.17 Å². The van der Waals surface area contributed by atoms with Crippen LogP contribution in [0.5, 0.6) is 0 Å². The summed E-state index contributed by atoms with van der Waals surface area (Å²) in [5.74, 6) is 0.0478. The summed E-state index contributed by atoms with van der Waals surface area (Å²) in [6.45, 7) is 2.61. The van der Waals surface area contributed by atoms with E-state index in [0.717, 1.165) is 0 Å². The third kappa shape index (κ3) is 2.55. The van der Waals surface area contributed by atoms with Gasteiger partial charge in [0.1, 0.15) is 6.17 Å². The molecule has 0 saturated carbocycles. The zero-order valence-corrected chi connectivity index (χ0v) is 7.92. The highest BCUT2D eigenvalue weighted by atomic mass is 19.1. The maximum Gasteiger partial charge on any atom is 0.341 e. The van der Waals surface area contributed by atoms with Gasteiger partial charge in [-0.25, -0.2) is 14.7 Å². The summed E-state index contributed by atoms with van der Waals surface area (Å²) in [6.07, 6.45) is -0.213. The first-order valence-corrected chi connectivity index (χ1v) is 4.37. The second-order valence-corrected chi connectivity index (χ2v) is 3.34. The molecular weight excluding hydrogens is 175 g/mol. The lowest BCUT2D eigenvalue weighted by atomic mass is 9.97. The van der Waals surface area contributed by atoms with Gasteiger partial charge in [-0.15, -0.1) is 0 Å². The first-order valence-electron chi connectivity index (χ1n) is 4.37. The average molecular weight is 190 g/mol. The van der Waals surface area contributed by atoms with E-state index in [1.807, 2.05) is 6.92 Å².